The summed E-state index contributed by atoms with van der Waals surface area (Å²) in [5, 5.41) is 4.78. The van der Waals surface area contributed by atoms with Gasteiger partial charge in [-0.1, -0.05) is 109 Å². The molecule has 0 aromatic heterocycles. The second kappa shape index (κ2) is 9.14. The van der Waals surface area contributed by atoms with Crippen LogP contribution in [0.5, 0.6) is 11.5 Å². The van der Waals surface area contributed by atoms with Gasteiger partial charge in [0, 0.05) is 33.8 Å². The van der Waals surface area contributed by atoms with Crippen molar-refractivity contribution in [3.8, 4) is 33.8 Å². The molecule has 7 aromatic carbocycles. The van der Waals surface area contributed by atoms with E-state index in [1.165, 1.54) is 38.2 Å². The number of benzene rings is 7. The summed E-state index contributed by atoms with van der Waals surface area (Å²) in [5.41, 5.74) is 8.00. The zero-order valence-corrected chi connectivity index (χ0v) is 21.8. The van der Waals surface area contributed by atoms with Crippen LogP contribution in [0.4, 0.5) is 17.1 Å². The molecule has 0 fully saturated rings. The maximum atomic E-state index is 6.55. The number of ether oxygens (including phenoxy) is 1. The third kappa shape index (κ3) is 3.65. The molecule has 0 saturated heterocycles. The predicted molar refractivity (Wildman–Crippen MR) is 167 cm³/mol. The first-order valence-electron chi connectivity index (χ1n) is 13.6. The van der Waals surface area contributed by atoms with E-state index >= 15 is 0 Å². The van der Waals surface area contributed by atoms with Crippen molar-refractivity contribution in [3.05, 3.63) is 152 Å². The Bertz CT molecular complexity index is 2020. The standard InChI is InChI=1S/C38H25NO/c1-2-9-26(10-3-1)27-19-21-30(22-20-27)39(35-17-7-12-28-11-4-5-15-32(28)35)31-23-24-33-34-16-6-13-29-14-8-18-36(38(29)34)40-37(33)25-31/h1-25H. The molecule has 0 spiro atoms. The molecule has 40 heavy (non-hydrogen) atoms. The quantitative estimate of drug-likeness (QED) is 0.233. The first-order valence-corrected chi connectivity index (χ1v) is 13.6. The van der Waals surface area contributed by atoms with Crippen molar-refractivity contribution in [2.75, 3.05) is 4.90 Å². The Kier molecular flexibility index (Phi) is 5.17. The Morgan fingerprint density at radius 1 is 0.425 bits per heavy atom. The van der Waals surface area contributed by atoms with Gasteiger partial charge >= 0.3 is 0 Å². The SMILES string of the molecule is c1ccc(-c2ccc(N(c3ccc4c(c3)Oc3cccc5cccc-4c35)c3cccc4ccccc34)cc2)cc1. The highest BCUT2D eigenvalue weighted by atomic mass is 16.5. The molecule has 2 nitrogen and oxygen atoms in total. The summed E-state index contributed by atoms with van der Waals surface area (Å²) < 4.78 is 6.55. The summed E-state index contributed by atoms with van der Waals surface area (Å²) in [7, 11) is 0. The van der Waals surface area contributed by atoms with Crippen LogP contribution in [0.15, 0.2) is 152 Å². The summed E-state index contributed by atoms with van der Waals surface area (Å²) in [6.07, 6.45) is 0. The topological polar surface area (TPSA) is 12.5 Å². The van der Waals surface area contributed by atoms with Crippen LogP contribution in [0.25, 0.3) is 43.8 Å². The fourth-order valence-corrected chi connectivity index (χ4v) is 5.96. The largest absolute Gasteiger partial charge is 0.456 e. The van der Waals surface area contributed by atoms with Gasteiger partial charge in [0.1, 0.15) is 11.5 Å². The van der Waals surface area contributed by atoms with E-state index in [2.05, 4.69) is 157 Å². The maximum Gasteiger partial charge on any atom is 0.137 e. The second-order valence-electron chi connectivity index (χ2n) is 10.2. The lowest BCUT2D eigenvalue weighted by atomic mass is 9.94. The van der Waals surface area contributed by atoms with E-state index in [0.717, 1.165) is 34.1 Å². The average molecular weight is 512 g/mol. The molecule has 0 bridgehead atoms. The van der Waals surface area contributed by atoms with Crippen LogP contribution in [0.2, 0.25) is 0 Å². The highest BCUT2D eigenvalue weighted by molar-refractivity contribution is 6.05. The van der Waals surface area contributed by atoms with Crippen LogP contribution < -0.4 is 9.64 Å². The summed E-state index contributed by atoms with van der Waals surface area (Å²) in [6.45, 7) is 0. The fraction of sp³-hybridized carbons (Fsp3) is 0. The number of fused-ring (bicyclic) bond motifs is 3. The smallest absolute Gasteiger partial charge is 0.137 e. The molecular formula is C38H25NO. The molecule has 0 saturated carbocycles. The van der Waals surface area contributed by atoms with Gasteiger partial charge in [-0.3, -0.25) is 0 Å². The minimum atomic E-state index is 0.870. The van der Waals surface area contributed by atoms with E-state index in [1.807, 2.05) is 0 Å². The van der Waals surface area contributed by atoms with Crippen LogP contribution in [-0.4, -0.2) is 0 Å². The highest BCUT2D eigenvalue weighted by Gasteiger charge is 2.22. The van der Waals surface area contributed by atoms with Crippen molar-refractivity contribution >= 4 is 38.6 Å². The monoisotopic (exact) mass is 511 g/mol. The number of hydrogen-bond donors (Lipinski definition) is 0. The molecule has 1 aliphatic heterocycles. The maximum absolute atomic E-state index is 6.55. The van der Waals surface area contributed by atoms with E-state index in [9.17, 15) is 0 Å². The normalized spacial score (nSPS) is 11.7. The Morgan fingerprint density at radius 2 is 1.10 bits per heavy atom. The van der Waals surface area contributed by atoms with E-state index < -0.39 is 0 Å². The number of nitrogens with zero attached hydrogens (tertiary/aromatic N) is 1. The average Bonchev–Trinajstić information content (AvgIpc) is 3.02. The lowest BCUT2D eigenvalue weighted by Crippen LogP contribution is -2.11. The number of anilines is 3. The summed E-state index contributed by atoms with van der Waals surface area (Å²) in [5.74, 6) is 1.77. The van der Waals surface area contributed by atoms with Gasteiger partial charge in [-0.15, -0.1) is 0 Å². The Hall–Kier alpha value is -5.34. The zero-order valence-electron chi connectivity index (χ0n) is 21.8. The van der Waals surface area contributed by atoms with Gasteiger partial charge in [0.25, 0.3) is 0 Å². The Morgan fingerprint density at radius 3 is 1.98 bits per heavy atom. The van der Waals surface area contributed by atoms with Crippen LogP contribution >= 0.6 is 0 Å². The second-order valence-corrected chi connectivity index (χ2v) is 10.2. The van der Waals surface area contributed by atoms with Gasteiger partial charge < -0.3 is 9.64 Å². The van der Waals surface area contributed by atoms with E-state index in [0.29, 0.717) is 0 Å². The Balaban J connectivity index is 1.31. The Labute approximate surface area is 233 Å². The van der Waals surface area contributed by atoms with Gasteiger partial charge in [0.2, 0.25) is 0 Å². The summed E-state index contributed by atoms with van der Waals surface area (Å²) >= 11 is 0. The van der Waals surface area contributed by atoms with Gasteiger partial charge in [0.15, 0.2) is 0 Å². The van der Waals surface area contributed by atoms with Gasteiger partial charge in [-0.25, -0.2) is 0 Å². The molecule has 8 rings (SSSR count). The van der Waals surface area contributed by atoms with Crippen molar-refractivity contribution in [3.63, 3.8) is 0 Å². The van der Waals surface area contributed by atoms with Crippen molar-refractivity contribution in [1.82, 2.24) is 0 Å². The molecule has 7 aromatic rings. The van der Waals surface area contributed by atoms with Gasteiger partial charge in [-0.05, 0) is 63.9 Å². The third-order valence-electron chi connectivity index (χ3n) is 7.84. The molecular weight excluding hydrogens is 486 g/mol. The van der Waals surface area contributed by atoms with Crippen molar-refractivity contribution in [1.29, 1.82) is 0 Å². The lowest BCUT2D eigenvalue weighted by molar-refractivity contribution is 0.487. The first kappa shape index (κ1) is 22.6. The minimum absolute atomic E-state index is 0.870. The van der Waals surface area contributed by atoms with Crippen molar-refractivity contribution in [2.45, 2.75) is 0 Å². The van der Waals surface area contributed by atoms with Crippen molar-refractivity contribution in [2.24, 2.45) is 0 Å². The lowest BCUT2D eigenvalue weighted by Gasteiger charge is -2.29. The van der Waals surface area contributed by atoms with E-state index in [4.69, 9.17) is 4.74 Å². The van der Waals surface area contributed by atoms with Crippen LogP contribution in [0.3, 0.4) is 0 Å². The molecule has 188 valence electrons. The van der Waals surface area contributed by atoms with Gasteiger partial charge in [-0.2, -0.15) is 0 Å². The third-order valence-corrected chi connectivity index (χ3v) is 7.84. The minimum Gasteiger partial charge on any atom is -0.456 e. The van der Waals surface area contributed by atoms with Crippen molar-refractivity contribution < 1.29 is 4.74 Å². The highest BCUT2D eigenvalue weighted by Crippen LogP contribution is 2.49. The van der Waals surface area contributed by atoms with Crippen LogP contribution in [-0.2, 0) is 0 Å². The molecule has 0 N–H and O–H groups in total. The molecule has 0 unspecified atom stereocenters. The van der Waals surface area contributed by atoms with Crippen LogP contribution in [0, 0.1) is 0 Å². The molecule has 0 radical (unpaired) electrons. The summed E-state index contributed by atoms with van der Waals surface area (Å²) in [6, 6.07) is 53.7. The molecule has 1 aliphatic rings. The molecule has 1 heterocycles. The number of rotatable bonds is 4. The van der Waals surface area contributed by atoms with E-state index in [-0.39, 0.29) is 0 Å². The first-order chi connectivity index (χ1) is 19.8. The predicted octanol–water partition coefficient (Wildman–Crippen LogP) is 10.9. The molecule has 0 aliphatic carbocycles. The fourth-order valence-electron chi connectivity index (χ4n) is 5.96. The summed E-state index contributed by atoms with van der Waals surface area (Å²) in [4.78, 5) is 2.34. The number of hydrogen-bond acceptors (Lipinski definition) is 2. The van der Waals surface area contributed by atoms with Crippen LogP contribution in [0.1, 0.15) is 0 Å². The van der Waals surface area contributed by atoms with Gasteiger partial charge in [0.05, 0.1) is 5.69 Å². The molecule has 0 atom stereocenters. The van der Waals surface area contributed by atoms with E-state index in [1.54, 1.807) is 0 Å². The molecule has 0 amide bonds. The molecule has 2 heteroatoms. The zero-order chi connectivity index (χ0) is 26.5.